The molecule has 2 fully saturated rings. The fraction of sp³-hybridized carbons (Fsp3) is 0.474. The zero-order chi connectivity index (χ0) is 16.0. The van der Waals surface area contributed by atoms with E-state index in [2.05, 4.69) is 19.1 Å². The third kappa shape index (κ3) is 2.19. The van der Waals surface area contributed by atoms with Crippen molar-refractivity contribution in [3.8, 4) is 5.75 Å². The molecule has 23 heavy (non-hydrogen) atoms. The van der Waals surface area contributed by atoms with Crippen LogP contribution >= 0.6 is 0 Å². The molecular formula is C19H21NO3. The average molecular weight is 311 g/mol. The van der Waals surface area contributed by atoms with Crippen LogP contribution in [0, 0.1) is 23.7 Å². The van der Waals surface area contributed by atoms with Crippen LogP contribution in [0.1, 0.15) is 26.2 Å². The maximum Gasteiger partial charge on any atom is 0.238 e. The smallest absolute Gasteiger partial charge is 0.238 e. The van der Waals surface area contributed by atoms with E-state index in [0.717, 1.165) is 25.0 Å². The lowest BCUT2D eigenvalue weighted by atomic mass is 9.63. The summed E-state index contributed by atoms with van der Waals surface area (Å²) in [5, 5.41) is 0. The summed E-state index contributed by atoms with van der Waals surface area (Å²) in [5.41, 5.74) is 0.664. The minimum Gasteiger partial charge on any atom is -0.494 e. The molecule has 1 aliphatic heterocycles. The fourth-order valence-electron chi connectivity index (χ4n) is 4.24. The molecule has 2 bridgehead atoms. The minimum atomic E-state index is -0.151. The van der Waals surface area contributed by atoms with Crippen LogP contribution in [0.5, 0.6) is 5.75 Å². The van der Waals surface area contributed by atoms with Crippen molar-refractivity contribution in [2.45, 2.75) is 26.2 Å². The molecule has 0 N–H and O–H groups in total. The second-order valence-electron chi connectivity index (χ2n) is 6.70. The number of ether oxygens (including phenoxy) is 1. The van der Waals surface area contributed by atoms with E-state index in [1.807, 2.05) is 24.3 Å². The van der Waals surface area contributed by atoms with Crippen molar-refractivity contribution >= 4 is 17.5 Å². The summed E-state index contributed by atoms with van der Waals surface area (Å²) in [4.78, 5) is 27.1. The molecule has 1 heterocycles. The van der Waals surface area contributed by atoms with Gasteiger partial charge in [-0.3, -0.25) is 14.5 Å². The maximum atomic E-state index is 12.8. The second-order valence-corrected chi connectivity index (χ2v) is 6.70. The molecule has 1 saturated carbocycles. The van der Waals surface area contributed by atoms with Gasteiger partial charge in [0.15, 0.2) is 0 Å². The predicted octanol–water partition coefficient (Wildman–Crippen LogP) is 3.18. The van der Waals surface area contributed by atoms with Crippen molar-refractivity contribution in [3.63, 3.8) is 0 Å². The summed E-state index contributed by atoms with van der Waals surface area (Å²) in [7, 11) is 0. The Kier molecular flexibility index (Phi) is 3.47. The van der Waals surface area contributed by atoms with E-state index >= 15 is 0 Å². The van der Waals surface area contributed by atoms with Gasteiger partial charge in [0.25, 0.3) is 0 Å². The third-order valence-electron chi connectivity index (χ3n) is 5.33. The molecule has 4 nitrogen and oxygen atoms in total. The van der Waals surface area contributed by atoms with Crippen molar-refractivity contribution in [3.05, 3.63) is 36.4 Å². The van der Waals surface area contributed by atoms with Gasteiger partial charge in [0.1, 0.15) is 5.75 Å². The highest BCUT2D eigenvalue weighted by molar-refractivity contribution is 6.22. The topological polar surface area (TPSA) is 46.6 Å². The zero-order valence-corrected chi connectivity index (χ0v) is 13.3. The largest absolute Gasteiger partial charge is 0.494 e. The van der Waals surface area contributed by atoms with Crippen LogP contribution in [-0.2, 0) is 9.59 Å². The summed E-state index contributed by atoms with van der Waals surface area (Å²) in [5.74, 6) is 0.887. The third-order valence-corrected chi connectivity index (χ3v) is 5.33. The Morgan fingerprint density at radius 3 is 2.04 bits per heavy atom. The van der Waals surface area contributed by atoms with E-state index in [-0.39, 0.29) is 35.5 Å². The number of benzene rings is 1. The van der Waals surface area contributed by atoms with Crippen LogP contribution in [0.15, 0.2) is 36.4 Å². The monoisotopic (exact) mass is 311 g/mol. The minimum absolute atomic E-state index is 0.0266. The van der Waals surface area contributed by atoms with Crippen LogP contribution in [0.4, 0.5) is 5.69 Å². The number of carbonyl (C=O) groups excluding carboxylic acids is 2. The predicted molar refractivity (Wildman–Crippen MR) is 87.1 cm³/mol. The van der Waals surface area contributed by atoms with Crippen LogP contribution < -0.4 is 9.64 Å². The van der Waals surface area contributed by atoms with Crippen LogP contribution in [0.25, 0.3) is 0 Å². The number of fused-ring (bicyclic) bond motifs is 1. The van der Waals surface area contributed by atoms with Gasteiger partial charge in [-0.25, -0.2) is 0 Å². The Morgan fingerprint density at radius 2 is 1.57 bits per heavy atom. The van der Waals surface area contributed by atoms with Gasteiger partial charge < -0.3 is 4.74 Å². The number of hydrogen-bond acceptors (Lipinski definition) is 3. The number of rotatable bonds is 4. The van der Waals surface area contributed by atoms with Gasteiger partial charge in [-0.15, -0.1) is 0 Å². The summed E-state index contributed by atoms with van der Waals surface area (Å²) < 4.78 is 5.57. The normalized spacial score (nSPS) is 31.6. The standard InChI is InChI=1S/C19H21NO3/c1-2-11-23-15-9-7-14(8-10-15)20-18(21)16-12-3-4-13(6-5-12)17(16)19(20)22/h3-4,7-10,12-13,16-17H,2,5-6,11H2,1H3/t12-,13-,16-,17-/m1/s1. The van der Waals surface area contributed by atoms with Gasteiger partial charge >= 0.3 is 0 Å². The maximum absolute atomic E-state index is 12.8. The first-order valence-electron chi connectivity index (χ1n) is 8.49. The number of anilines is 1. The molecule has 1 aromatic carbocycles. The van der Waals surface area contributed by atoms with Crippen molar-refractivity contribution in [2.75, 3.05) is 11.5 Å². The highest BCUT2D eigenvalue weighted by atomic mass is 16.5. The Balaban J connectivity index is 1.60. The molecule has 0 radical (unpaired) electrons. The van der Waals surface area contributed by atoms with Gasteiger partial charge in [0.05, 0.1) is 24.1 Å². The highest BCUT2D eigenvalue weighted by Gasteiger charge is 2.56. The number of amides is 2. The van der Waals surface area contributed by atoms with E-state index in [1.54, 1.807) is 0 Å². The first kappa shape index (κ1) is 14.5. The molecule has 5 rings (SSSR count). The van der Waals surface area contributed by atoms with E-state index in [4.69, 9.17) is 4.74 Å². The molecule has 1 saturated heterocycles. The van der Waals surface area contributed by atoms with Crippen molar-refractivity contribution in [1.82, 2.24) is 0 Å². The molecule has 4 atom stereocenters. The summed E-state index contributed by atoms with van der Waals surface area (Å²) in [6.07, 6.45) is 7.29. The lowest BCUT2D eigenvalue weighted by molar-refractivity contribution is -0.124. The molecule has 0 spiro atoms. The Morgan fingerprint density at radius 1 is 1.00 bits per heavy atom. The molecular weight excluding hydrogens is 290 g/mol. The van der Waals surface area contributed by atoms with Crippen LogP contribution in [0.2, 0.25) is 0 Å². The average Bonchev–Trinajstić information content (AvgIpc) is 2.88. The number of allylic oxidation sites excluding steroid dienone is 2. The lowest BCUT2D eigenvalue weighted by Crippen LogP contribution is -2.38. The first-order chi connectivity index (χ1) is 11.2. The number of hydrogen-bond donors (Lipinski definition) is 0. The van der Waals surface area contributed by atoms with Gasteiger partial charge in [0, 0.05) is 0 Å². The summed E-state index contributed by atoms with van der Waals surface area (Å²) >= 11 is 0. The molecule has 0 aromatic heterocycles. The lowest BCUT2D eigenvalue weighted by Gasteiger charge is -2.38. The molecule has 2 amide bonds. The van der Waals surface area contributed by atoms with Gasteiger partial charge in [0.2, 0.25) is 11.8 Å². The molecule has 4 aliphatic rings. The van der Waals surface area contributed by atoms with Crippen LogP contribution in [0.3, 0.4) is 0 Å². The molecule has 4 heteroatoms. The Hall–Kier alpha value is -2.10. The number of imide groups is 1. The second kappa shape index (κ2) is 5.52. The summed E-state index contributed by atoms with van der Waals surface area (Å²) in [6, 6.07) is 7.29. The Labute approximate surface area is 136 Å². The highest BCUT2D eigenvalue weighted by Crippen LogP contribution is 2.50. The van der Waals surface area contributed by atoms with Crippen molar-refractivity contribution in [1.29, 1.82) is 0 Å². The molecule has 120 valence electrons. The van der Waals surface area contributed by atoms with Crippen molar-refractivity contribution < 1.29 is 14.3 Å². The number of carbonyl (C=O) groups is 2. The molecule has 0 unspecified atom stereocenters. The van der Waals surface area contributed by atoms with E-state index in [1.165, 1.54) is 4.90 Å². The summed E-state index contributed by atoms with van der Waals surface area (Å²) in [6.45, 7) is 2.72. The fourth-order valence-corrected chi connectivity index (χ4v) is 4.24. The quantitative estimate of drug-likeness (QED) is 0.634. The molecule has 1 aromatic rings. The van der Waals surface area contributed by atoms with Gasteiger partial charge in [-0.1, -0.05) is 19.1 Å². The van der Waals surface area contributed by atoms with E-state index in [9.17, 15) is 9.59 Å². The molecule has 3 aliphatic carbocycles. The van der Waals surface area contributed by atoms with Gasteiger partial charge in [-0.2, -0.15) is 0 Å². The van der Waals surface area contributed by atoms with E-state index < -0.39 is 0 Å². The number of nitrogens with zero attached hydrogens (tertiary/aromatic N) is 1. The van der Waals surface area contributed by atoms with Crippen LogP contribution in [-0.4, -0.2) is 18.4 Å². The van der Waals surface area contributed by atoms with Crippen molar-refractivity contribution in [2.24, 2.45) is 23.7 Å². The van der Waals surface area contributed by atoms with E-state index in [0.29, 0.717) is 12.3 Å². The SMILES string of the molecule is CCCOc1ccc(N2C(=O)[C@H]3[C@H](C2=O)[C@@H]2C=C[C@@H]3CC2)cc1. The van der Waals surface area contributed by atoms with Gasteiger partial charge in [-0.05, 0) is 55.4 Å². The zero-order valence-electron chi connectivity index (χ0n) is 13.3. The first-order valence-corrected chi connectivity index (χ1v) is 8.49. The Bertz CT molecular complexity index is 632.